The predicted octanol–water partition coefficient (Wildman–Crippen LogP) is 4.00. The van der Waals surface area contributed by atoms with Crippen molar-refractivity contribution in [3.63, 3.8) is 0 Å². The van der Waals surface area contributed by atoms with Crippen LogP contribution in [-0.2, 0) is 0 Å². The highest BCUT2D eigenvalue weighted by Crippen LogP contribution is 2.25. The van der Waals surface area contributed by atoms with Crippen molar-refractivity contribution in [1.82, 2.24) is 9.88 Å². The number of aromatic nitrogens is 1. The molecule has 1 aromatic heterocycles. The molecule has 0 aliphatic carbocycles. The second-order valence-electron chi connectivity index (χ2n) is 5.59. The highest BCUT2D eigenvalue weighted by Gasteiger charge is 2.10. The summed E-state index contributed by atoms with van der Waals surface area (Å²) in [6.07, 6.45) is 2.68. The number of amides is 1. The van der Waals surface area contributed by atoms with Gasteiger partial charge in [0.05, 0.1) is 22.6 Å². The van der Waals surface area contributed by atoms with E-state index in [1.54, 1.807) is 30.5 Å². The summed E-state index contributed by atoms with van der Waals surface area (Å²) >= 11 is 11.9. The van der Waals surface area contributed by atoms with Crippen LogP contribution in [0.2, 0.25) is 10.0 Å². The summed E-state index contributed by atoms with van der Waals surface area (Å²) in [5.74, 6) is -0.321. The lowest BCUT2D eigenvalue weighted by atomic mass is 10.2. The van der Waals surface area contributed by atoms with Gasteiger partial charge in [0.25, 0.3) is 5.91 Å². The highest BCUT2D eigenvalue weighted by atomic mass is 35.5. The van der Waals surface area contributed by atoms with Crippen molar-refractivity contribution in [3.8, 4) is 0 Å². The van der Waals surface area contributed by atoms with Crippen LogP contribution in [0.1, 0.15) is 16.9 Å². The van der Waals surface area contributed by atoms with Crippen molar-refractivity contribution in [1.29, 1.82) is 0 Å². The Morgan fingerprint density at radius 2 is 2.00 bits per heavy atom. The molecule has 0 spiro atoms. The van der Waals surface area contributed by atoms with Gasteiger partial charge in [0.1, 0.15) is 5.69 Å². The van der Waals surface area contributed by atoms with Crippen LogP contribution in [0.25, 0.3) is 0 Å². The normalized spacial score (nSPS) is 10.7. The molecule has 2 rings (SSSR count). The van der Waals surface area contributed by atoms with E-state index >= 15 is 0 Å². The average Bonchev–Trinajstić information content (AvgIpc) is 2.54. The first-order chi connectivity index (χ1) is 11.5. The molecular formula is C17H20Cl2N4O. The molecule has 2 aromatic rings. The van der Waals surface area contributed by atoms with E-state index in [0.29, 0.717) is 21.4 Å². The molecule has 0 saturated carbocycles. The van der Waals surface area contributed by atoms with E-state index < -0.39 is 0 Å². The summed E-state index contributed by atoms with van der Waals surface area (Å²) in [6, 6.07) is 8.40. The van der Waals surface area contributed by atoms with Gasteiger partial charge in [-0.15, -0.1) is 0 Å². The predicted molar refractivity (Wildman–Crippen MR) is 100 cm³/mol. The number of benzene rings is 1. The van der Waals surface area contributed by atoms with Crippen LogP contribution < -0.4 is 10.6 Å². The number of nitrogens with one attached hydrogen (secondary N) is 2. The lowest BCUT2D eigenvalue weighted by Gasteiger charge is -2.11. The van der Waals surface area contributed by atoms with Gasteiger partial charge in [0.15, 0.2) is 0 Å². The quantitative estimate of drug-likeness (QED) is 0.727. The summed E-state index contributed by atoms with van der Waals surface area (Å²) in [7, 11) is 4.09. The van der Waals surface area contributed by atoms with Gasteiger partial charge in [-0.1, -0.05) is 23.2 Å². The number of carbonyl (C=O) groups is 1. The zero-order chi connectivity index (χ0) is 17.5. The number of nitrogens with zero attached hydrogens (tertiary/aromatic N) is 2. The van der Waals surface area contributed by atoms with Gasteiger partial charge in [-0.3, -0.25) is 4.79 Å². The van der Waals surface area contributed by atoms with Crippen LogP contribution in [0.4, 0.5) is 11.4 Å². The van der Waals surface area contributed by atoms with Gasteiger partial charge in [-0.05, 0) is 57.4 Å². The largest absolute Gasteiger partial charge is 0.384 e. The van der Waals surface area contributed by atoms with Gasteiger partial charge in [0.2, 0.25) is 0 Å². The molecule has 0 atom stereocenters. The number of anilines is 2. The third-order valence-corrected chi connectivity index (χ3v) is 3.83. The molecule has 1 amide bonds. The van der Waals surface area contributed by atoms with E-state index in [9.17, 15) is 4.79 Å². The molecule has 1 aromatic carbocycles. The van der Waals surface area contributed by atoms with E-state index in [1.807, 2.05) is 20.2 Å². The van der Waals surface area contributed by atoms with Crippen LogP contribution in [0, 0.1) is 0 Å². The number of halogens is 2. The minimum atomic E-state index is -0.321. The van der Waals surface area contributed by atoms with Crippen LogP contribution in [0.3, 0.4) is 0 Å². The Morgan fingerprint density at radius 3 is 2.62 bits per heavy atom. The second-order valence-corrected chi connectivity index (χ2v) is 6.44. The topological polar surface area (TPSA) is 57.3 Å². The Kier molecular flexibility index (Phi) is 6.85. The van der Waals surface area contributed by atoms with Crippen LogP contribution in [0.15, 0.2) is 36.5 Å². The molecule has 0 radical (unpaired) electrons. The van der Waals surface area contributed by atoms with Crippen molar-refractivity contribution < 1.29 is 4.79 Å². The number of carbonyl (C=O) groups excluding carboxylic acids is 1. The van der Waals surface area contributed by atoms with Crippen LogP contribution in [0.5, 0.6) is 0 Å². The molecule has 0 aliphatic rings. The first-order valence-electron chi connectivity index (χ1n) is 7.57. The summed E-state index contributed by atoms with van der Waals surface area (Å²) in [6.45, 7) is 1.87. The van der Waals surface area contributed by atoms with Crippen molar-refractivity contribution >= 4 is 40.5 Å². The van der Waals surface area contributed by atoms with Crippen LogP contribution in [-0.4, -0.2) is 43.0 Å². The Balaban J connectivity index is 1.91. The molecule has 0 fully saturated rings. The van der Waals surface area contributed by atoms with E-state index in [4.69, 9.17) is 23.2 Å². The maximum Gasteiger partial charge on any atom is 0.274 e. The first-order valence-corrected chi connectivity index (χ1v) is 8.32. The second kappa shape index (κ2) is 8.87. The van der Waals surface area contributed by atoms with Gasteiger partial charge >= 0.3 is 0 Å². The number of hydrogen-bond donors (Lipinski definition) is 2. The Bertz CT molecular complexity index is 689. The number of hydrogen-bond acceptors (Lipinski definition) is 4. The summed E-state index contributed by atoms with van der Waals surface area (Å²) in [5.41, 5.74) is 1.70. The van der Waals surface area contributed by atoms with E-state index in [-0.39, 0.29) is 5.91 Å². The van der Waals surface area contributed by atoms with Gasteiger partial charge in [0, 0.05) is 11.6 Å². The minimum absolute atomic E-state index is 0.319. The summed E-state index contributed by atoms with van der Waals surface area (Å²) < 4.78 is 0. The molecule has 0 bridgehead atoms. The highest BCUT2D eigenvalue weighted by molar-refractivity contribution is 6.36. The van der Waals surface area contributed by atoms with Crippen LogP contribution >= 0.6 is 23.2 Å². The van der Waals surface area contributed by atoms with Crippen molar-refractivity contribution in [2.45, 2.75) is 6.42 Å². The third-order valence-electron chi connectivity index (χ3n) is 3.29. The Hall–Kier alpha value is -1.82. The molecule has 7 heteroatoms. The standard InChI is InChI=1S/C17H20Cl2N4O/c1-23(2)9-3-8-20-13-5-7-16(21-11-13)17(24)22-15-6-4-12(18)10-14(15)19/h4-7,10-11,20H,3,8-9H2,1-2H3,(H,22,24). The zero-order valence-electron chi connectivity index (χ0n) is 13.6. The van der Waals surface area contributed by atoms with Crippen molar-refractivity contribution in [3.05, 3.63) is 52.3 Å². The number of pyridine rings is 1. The van der Waals surface area contributed by atoms with Gasteiger partial charge in [-0.2, -0.15) is 0 Å². The van der Waals surface area contributed by atoms with Crippen molar-refractivity contribution in [2.75, 3.05) is 37.8 Å². The average molecular weight is 367 g/mol. The van der Waals surface area contributed by atoms with Crippen molar-refractivity contribution in [2.24, 2.45) is 0 Å². The molecule has 0 saturated heterocycles. The third kappa shape index (κ3) is 5.67. The minimum Gasteiger partial charge on any atom is -0.384 e. The van der Waals surface area contributed by atoms with E-state index in [1.165, 1.54) is 0 Å². The molecule has 128 valence electrons. The van der Waals surface area contributed by atoms with E-state index in [2.05, 4.69) is 20.5 Å². The first kappa shape index (κ1) is 18.5. The van der Waals surface area contributed by atoms with Gasteiger partial charge < -0.3 is 15.5 Å². The molecule has 24 heavy (non-hydrogen) atoms. The maximum absolute atomic E-state index is 12.2. The maximum atomic E-state index is 12.2. The lowest BCUT2D eigenvalue weighted by Crippen LogP contribution is -2.17. The molecule has 0 aliphatic heterocycles. The fraction of sp³-hybridized carbons (Fsp3) is 0.294. The molecule has 2 N–H and O–H groups in total. The fourth-order valence-electron chi connectivity index (χ4n) is 2.04. The Morgan fingerprint density at radius 1 is 1.21 bits per heavy atom. The molecular weight excluding hydrogens is 347 g/mol. The Labute approximate surface area is 152 Å². The monoisotopic (exact) mass is 366 g/mol. The number of rotatable bonds is 7. The molecule has 1 heterocycles. The fourth-order valence-corrected chi connectivity index (χ4v) is 2.49. The van der Waals surface area contributed by atoms with Gasteiger partial charge in [-0.25, -0.2) is 4.98 Å². The lowest BCUT2D eigenvalue weighted by molar-refractivity contribution is 0.102. The summed E-state index contributed by atoms with van der Waals surface area (Å²) in [4.78, 5) is 18.5. The summed E-state index contributed by atoms with van der Waals surface area (Å²) in [5, 5.41) is 6.89. The molecule has 0 unspecified atom stereocenters. The SMILES string of the molecule is CN(C)CCCNc1ccc(C(=O)Nc2ccc(Cl)cc2Cl)nc1. The van der Waals surface area contributed by atoms with E-state index in [0.717, 1.165) is 25.2 Å². The zero-order valence-corrected chi connectivity index (χ0v) is 15.2. The molecule has 5 nitrogen and oxygen atoms in total. The smallest absolute Gasteiger partial charge is 0.274 e.